The molecule has 2 aromatic rings. The normalized spacial score (nSPS) is 21.8. The average molecular weight is 557 g/mol. The third-order valence-corrected chi connectivity index (χ3v) is 6.27. The van der Waals surface area contributed by atoms with Gasteiger partial charge in [0, 0.05) is 18.1 Å². The Morgan fingerprint density at radius 3 is 2.35 bits per heavy atom. The Balaban J connectivity index is 1.24. The number of unbranched alkanes of at least 4 members (excludes halogenated alkanes) is 1. The molecule has 0 aliphatic carbocycles. The molecular weight excluding hydrogens is 524 g/mol. The van der Waals surface area contributed by atoms with Crippen LogP contribution in [0.3, 0.4) is 0 Å². The number of hydrogen-bond acceptors (Lipinski definition) is 11. The highest BCUT2D eigenvalue weighted by molar-refractivity contribution is 5.89. The van der Waals surface area contributed by atoms with Crippen LogP contribution in [-0.2, 0) is 33.2 Å². The van der Waals surface area contributed by atoms with Crippen LogP contribution in [0.1, 0.15) is 41.5 Å². The van der Waals surface area contributed by atoms with E-state index in [1.54, 1.807) is 7.11 Å². The minimum atomic E-state index is -0.880. The zero-order chi connectivity index (χ0) is 28.3. The molecule has 0 bridgehead atoms. The van der Waals surface area contributed by atoms with Crippen molar-refractivity contribution in [3.05, 3.63) is 72.3 Å². The lowest BCUT2D eigenvalue weighted by Gasteiger charge is -2.42. The Hall–Kier alpha value is -3.93. The first-order valence-electron chi connectivity index (χ1n) is 12.9. The summed E-state index contributed by atoms with van der Waals surface area (Å²) >= 11 is 0. The first-order chi connectivity index (χ1) is 19.5. The molecule has 2 aliphatic rings. The number of hydrogen-bond donors (Lipinski definition) is 0. The molecule has 2 aliphatic heterocycles. The monoisotopic (exact) mass is 556 g/mol. The molecule has 11 nitrogen and oxygen atoms in total. The molecule has 4 atom stereocenters. The van der Waals surface area contributed by atoms with Crippen LogP contribution in [0.2, 0.25) is 0 Å². The van der Waals surface area contributed by atoms with Crippen LogP contribution in [0.5, 0.6) is 11.5 Å². The molecule has 0 N–H and O–H groups in total. The van der Waals surface area contributed by atoms with Crippen LogP contribution >= 0.6 is 0 Å². The Morgan fingerprint density at radius 2 is 1.65 bits per heavy atom. The molecule has 0 amide bonds. The van der Waals surface area contributed by atoms with Gasteiger partial charge in [-0.3, -0.25) is 0 Å². The molecule has 40 heavy (non-hydrogen) atoms. The van der Waals surface area contributed by atoms with Crippen LogP contribution in [-0.4, -0.2) is 69.9 Å². The van der Waals surface area contributed by atoms with Crippen LogP contribution in [0.15, 0.2) is 61.2 Å². The maximum absolute atomic E-state index is 12.9. The Bertz CT molecular complexity index is 1150. The van der Waals surface area contributed by atoms with E-state index < -0.39 is 36.6 Å². The largest absolute Gasteiger partial charge is 0.513 e. The van der Waals surface area contributed by atoms with Crippen molar-refractivity contribution < 1.29 is 52.3 Å². The third kappa shape index (κ3) is 8.04. The van der Waals surface area contributed by atoms with E-state index in [0.29, 0.717) is 32.5 Å². The zero-order valence-corrected chi connectivity index (χ0v) is 22.2. The minimum absolute atomic E-state index is 0.106. The Labute approximate surface area is 231 Å². The fourth-order valence-electron chi connectivity index (χ4n) is 4.16. The van der Waals surface area contributed by atoms with E-state index in [4.69, 9.17) is 37.9 Å². The molecule has 0 spiro atoms. The molecule has 11 heteroatoms. The van der Waals surface area contributed by atoms with Crippen LogP contribution in [0.25, 0.3) is 0 Å². The van der Waals surface area contributed by atoms with Gasteiger partial charge in [0.15, 0.2) is 6.29 Å². The van der Waals surface area contributed by atoms with Gasteiger partial charge in [-0.05, 0) is 49.2 Å². The molecule has 0 aromatic heterocycles. The summed E-state index contributed by atoms with van der Waals surface area (Å²) in [7, 11) is 1.60. The smallest absolute Gasteiger partial charge is 0.497 e. The van der Waals surface area contributed by atoms with E-state index in [9.17, 15) is 14.4 Å². The number of ether oxygens (including phenoxy) is 8. The highest BCUT2D eigenvalue weighted by Gasteiger charge is 2.43. The number of methoxy groups -OCH3 is 1. The van der Waals surface area contributed by atoms with Gasteiger partial charge in [-0.15, -0.1) is 0 Å². The maximum Gasteiger partial charge on any atom is 0.513 e. The van der Waals surface area contributed by atoms with E-state index in [2.05, 4.69) is 6.58 Å². The molecular formula is C29H32O11. The summed E-state index contributed by atoms with van der Waals surface area (Å²) in [5, 5.41) is 0. The van der Waals surface area contributed by atoms with Crippen molar-refractivity contribution in [2.45, 2.75) is 43.9 Å². The lowest BCUT2D eigenvalue weighted by Crippen LogP contribution is -2.53. The number of esters is 2. The van der Waals surface area contributed by atoms with Crippen LogP contribution < -0.4 is 9.47 Å². The predicted molar refractivity (Wildman–Crippen MR) is 139 cm³/mol. The summed E-state index contributed by atoms with van der Waals surface area (Å²) in [4.78, 5) is 35.8. The van der Waals surface area contributed by atoms with Crippen molar-refractivity contribution in [1.29, 1.82) is 0 Å². The SMILES string of the molecule is C=CC(=O)OCCCCOC(=O)Oc1ccc(C(=O)OC2CCO[C@@H]3CO[C@@H](c4ccc(OC)cc4)O[C@@H]23)cc1. The summed E-state index contributed by atoms with van der Waals surface area (Å²) in [6.07, 6.45) is -0.300. The standard InChI is InChI=1S/C29H32O11/c1-3-25(30)35-15-4-5-16-36-29(32)38-22-12-6-19(7-13-22)27(31)39-23-14-17-34-24-18-37-28(40-26(23)24)20-8-10-21(33-2)11-9-20/h3,6-13,23-24,26,28H,1,4-5,14-18H2,2H3/t23?,24-,26+,28-/m1/s1. The van der Waals surface area contributed by atoms with Crippen LogP contribution in [0, 0.1) is 0 Å². The minimum Gasteiger partial charge on any atom is -0.497 e. The number of carbonyl (C=O) groups is 3. The van der Waals surface area contributed by atoms with Gasteiger partial charge in [0.05, 0.1) is 39.1 Å². The number of carbonyl (C=O) groups excluding carboxylic acids is 3. The lowest BCUT2D eigenvalue weighted by molar-refractivity contribution is -0.298. The molecule has 0 radical (unpaired) electrons. The third-order valence-electron chi connectivity index (χ3n) is 6.27. The molecule has 214 valence electrons. The molecule has 2 aromatic carbocycles. The van der Waals surface area contributed by atoms with Crippen molar-refractivity contribution in [3.63, 3.8) is 0 Å². The Kier molecular flexibility index (Phi) is 10.5. The first kappa shape index (κ1) is 29.1. The van der Waals surface area contributed by atoms with Gasteiger partial charge in [0.2, 0.25) is 0 Å². The van der Waals surface area contributed by atoms with Crippen LogP contribution in [0.4, 0.5) is 4.79 Å². The fraction of sp³-hybridized carbons (Fsp3) is 0.414. The van der Waals surface area contributed by atoms with E-state index in [1.165, 1.54) is 24.3 Å². The van der Waals surface area contributed by atoms with Crippen molar-refractivity contribution >= 4 is 18.1 Å². The second-order valence-corrected chi connectivity index (χ2v) is 8.98. The molecule has 2 heterocycles. The van der Waals surface area contributed by atoms with Gasteiger partial charge >= 0.3 is 18.1 Å². The van der Waals surface area contributed by atoms with E-state index in [-0.39, 0.29) is 30.6 Å². The molecule has 2 saturated heterocycles. The Morgan fingerprint density at radius 1 is 0.950 bits per heavy atom. The molecule has 0 saturated carbocycles. The number of fused-ring (bicyclic) bond motifs is 1. The van der Waals surface area contributed by atoms with E-state index in [1.807, 2.05) is 24.3 Å². The molecule has 1 unspecified atom stereocenters. The molecule has 4 rings (SSSR count). The summed E-state index contributed by atoms with van der Waals surface area (Å²) in [5.74, 6) is -0.102. The summed E-state index contributed by atoms with van der Waals surface area (Å²) in [6, 6.07) is 13.3. The summed E-state index contributed by atoms with van der Waals surface area (Å²) in [5.41, 5.74) is 1.11. The first-order valence-corrected chi connectivity index (χ1v) is 12.9. The van der Waals surface area contributed by atoms with Gasteiger partial charge in [-0.25, -0.2) is 14.4 Å². The molecule has 2 fully saturated rings. The highest BCUT2D eigenvalue weighted by Crippen LogP contribution is 2.34. The van der Waals surface area contributed by atoms with Gasteiger partial charge < -0.3 is 37.9 Å². The van der Waals surface area contributed by atoms with Crippen molar-refractivity contribution in [2.24, 2.45) is 0 Å². The quantitative estimate of drug-likeness (QED) is 0.130. The summed E-state index contributed by atoms with van der Waals surface area (Å²) < 4.78 is 43.8. The topological polar surface area (TPSA) is 125 Å². The second-order valence-electron chi connectivity index (χ2n) is 8.98. The average Bonchev–Trinajstić information content (AvgIpc) is 2.99. The maximum atomic E-state index is 12.9. The fourth-order valence-corrected chi connectivity index (χ4v) is 4.16. The van der Waals surface area contributed by atoms with Gasteiger partial charge in [0.25, 0.3) is 0 Å². The zero-order valence-electron chi connectivity index (χ0n) is 22.2. The lowest BCUT2D eigenvalue weighted by atomic mass is 10.0. The van der Waals surface area contributed by atoms with Gasteiger partial charge in [-0.1, -0.05) is 18.7 Å². The van der Waals surface area contributed by atoms with E-state index in [0.717, 1.165) is 17.4 Å². The van der Waals surface area contributed by atoms with Gasteiger partial charge in [0.1, 0.15) is 29.8 Å². The van der Waals surface area contributed by atoms with E-state index >= 15 is 0 Å². The highest BCUT2D eigenvalue weighted by atomic mass is 16.7. The number of rotatable bonds is 11. The second kappa shape index (κ2) is 14.5. The van der Waals surface area contributed by atoms with Crippen molar-refractivity contribution in [2.75, 3.05) is 33.5 Å². The number of benzene rings is 2. The van der Waals surface area contributed by atoms with Crippen molar-refractivity contribution in [1.82, 2.24) is 0 Å². The predicted octanol–water partition coefficient (Wildman–Crippen LogP) is 4.15. The van der Waals surface area contributed by atoms with Gasteiger partial charge in [-0.2, -0.15) is 0 Å². The van der Waals surface area contributed by atoms with Crippen molar-refractivity contribution in [3.8, 4) is 11.5 Å². The summed E-state index contributed by atoms with van der Waals surface area (Å²) in [6.45, 7) is 4.34.